The minimum Gasteiger partial charge on any atom is -0.449 e. The van der Waals surface area contributed by atoms with E-state index < -0.39 is 28.8 Å². The normalized spacial score (nSPS) is 12.5. The molecule has 2 amide bonds. The number of anilines is 2. The number of amides is 2. The first-order valence-corrected chi connectivity index (χ1v) is 10.0. The van der Waals surface area contributed by atoms with E-state index in [9.17, 15) is 18.6 Å². The fraction of sp³-hybridized carbons (Fsp3) is 0.250. The van der Waals surface area contributed by atoms with E-state index in [2.05, 4.69) is 10.6 Å². The topological polar surface area (TPSA) is 102 Å². The molecule has 2 rings (SSSR count). The molecule has 0 saturated heterocycles. The number of hydrogen-bond acceptors (Lipinski definition) is 5. The van der Waals surface area contributed by atoms with Gasteiger partial charge in [-0.1, -0.05) is 19.1 Å². The van der Waals surface area contributed by atoms with Crippen LogP contribution in [0.25, 0.3) is 0 Å². The van der Waals surface area contributed by atoms with Gasteiger partial charge in [-0.05, 0) is 43.3 Å². The van der Waals surface area contributed by atoms with Gasteiger partial charge in [0.2, 0.25) is 5.91 Å². The van der Waals surface area contributed by atoms with Gasteiger partial charge in [-0.25, -0.2) is 4.79 Å². The second-order valence-electron chi connectivity index (χ2n) is 5.93. The molecular weight excluding hydrogens is 380 g/mol. The second kappa shape index (κ2) is 9.80. The Morgan fingerprint density at radius 1 is 1.00 bits per heavy atom. The summed E-state index contributed by atoms with van der Waals surface area (Å²) >= 11 is 0. The highest BCUT2D eigenvalue weighted by Gasteiger charge is 2.22. The van der Waals surface area contributed by atoms with Crippen molar-refractivity contribution in [3.05, 3.63) is 54.1 Å². The Morgan fingerprint density at radius 2 is 1.57 bits per heavy atom. The van der Waals surface area contributed by atoms with Crippen molar-refractivity contribution < 1.29 is 23.3 Å². The molecule has 148 valence electrons. The van der Waals surface area contributed by atoms with Gasteiger partial charge in [0, 0.05) is 24.1 Å². The Bertz CT molecular complexity index is 896. The van der Waals surface area contributed by atoms with Crippen LogP contribution >= 0.6 is 0 Å². The van der Waals surface area contributed by atoms with Crippen molar-refractivity contribution in [2.75, 3.05) is 16.4 Å². The fourth-order valence-electron chi connectivity index (χ4n) is 2.35. The summed E-state index contributed by atoms with van der Waals surface area (Å²) in [4.78, 5) is 36.1. The molecule has 7 nitrogen and oxygen atoms in total. The molecule has 0 heterocycles. The molecule has 0 unspecified atom stereocenters. The van der Waals surface area contributed by atoms with Crippen LogP contribution in [0.1, 0.15) is 31.1 Å². The lowest BCUT2D eigenvalue weighted by Crippen LogP contribution is -2.30. The number of hydrogen-bond donors (Lipinski definition) is 2. The highest BCUT2D eigenvalue weighted by atomic mass is 32.2. The molecule has 2 aromatic rings. The molecular formula is C20H22N2O5S. The zero-order valence-electron chi connectivity index (χ0n) is 15.9. The summed E-state index contributed by atoms with van der Waals surface area (Å²) in [6, 6.07) is 13.0. The third-order valence-corrected chi connectivity index (χ3v) is 5.11. The highest BCUT2D eigenvalue weighted by molar-refractivity contribution is 7.85. The average Bonchev–Trinajstić information content (AvgIpc) is 2.68. The van der Waals surface area contributed by atoms with Crippen LogP contribution in [0.2, 0.25) is 0 Å². The van der Waals surface area contributed by atoms with Gasteiger partial charge in [0.25, 0.3) is 5.91 Å². The SMILES string of the molecule is CC[S@](=O)c1ccccc1C(=O)O[C@H](C)C(=O)Nc1ccc(NC(C)=O)cc1. The molecule has 2 N–H and O–H groups in total. The molecule has 0 radical (unpaired) electrons. The molecule has 0 spiro atoms. The first-order valence-electron chi connectivity index (χ1n) is 8.68. The maximum Gasteiger partial charge on any atom is 0.340 e. The molecule has 0 bridgehead atoms. The Kier molecular flexibility index (Phi) is 7.45. The molecule has 0 saturated carbocycles. The van der Waals surface area contributed by atoms with E-state index in [1.165, 1.54) is 19.9 Å². The predicted molar refractivity (Wildman–Crippen MR) is 108 cm³/mol. The first-order chi connectivity index (χ1) is 13.3. The smallest absolute Gasteiger partial charge is 0.340 e. The standard InChI is InChI=1S/C20H22N2O5S/c1-4-28(26)18-8-6-5-7-17(18)20(25)27-13(2)19(24)22-16-11-9-15(10-12-16)21-14(3)23/h5-13H,4H2,1-3H3,(H,21,23)(H,22,24)/t13-,28+/m1/s1. The van der Waals surface area contributed by atoms with Crippen molar-refractivity contribution in [1.29, 1.82) is 0 Å². The van der Waals surface area contributed by atoms with Crippen molar-refractivity contribution in [2.45, 2.75) is 31.8 Å². The molecule has 0 aromatic heterocycles. The molecule has 2 aromatic carbocycles. The zero-order valence-corrected chi connectivity index (χ0v) is 16.7. The van der Waals surface area contributed by atoms with E-state index in [-0.39, 0.29) is 11.5 Å². The zero-order chi connectivity index (χ0) is 20.7. The molecule has 0 aliphatic heterocycles. The maximum absolute atomic E-state index is 12.4. The lowest BCUT2D eigenvalue weighted by molar-refractivity contribution is -0.123. The van der Waals surface area contributed by atoms with Crippen LogP contribution < -0.4 is 10.6 Å². The number of ether oxygens (including phenoxy) is 1. The van der Waals surface area contributed by atoms with Gasteiger partial charge in [-0.15, -0.1) is 0 Å². The van der Waals surface area contributed by atoms with Crippen molar-refractivity contribution in [3.8, 4) is 0 Å². The van der Waals surface area contributed by atoms with Crippen molar-refractivity contribution in [3.63, 3.8) is 0 Å². The highest BCUT2D eigenvalue weighted by Crippen LogP contribution is 2.17. The van der Waals surface area contributed by atoms with Gasteiger partial charge in [0.05, 0.1) is 21.3 Å². The molecule has 0 aliphatic rings. The molecule has 0 fully saturated rings. The largest absolute Gasteiger partial charge is 0.449 e. The fourth-order valence-corrected chi connectivity index (χ4v) is 3.29. The minimum absolute atomic E-state index is 0.182. The number of rotatable bonds is 7. The summed E-state index contributed by atoms with van der Waals surface area (Å²) in [6.07, 6.45) is -1.05. The van der Waals surface area contributed by atoms with Crippen LogP contribution in [0, 0.1) is 0 Å². The van der Waals surface area contributed by atoms with Crippen LogP contribution in [0.4, 0.5) is 11.4 Å². The lowest BCUT2D eigenvalue weighted by atomic mass is 10.2. The minimum atomic E-state index is -1.32. The maximum atomic E-state index is 12.4. The van der Waals surface area contributed by atoms with E-state index in [1.54, 1.807) is 49.4 Å². The first kappa shape index (κ1) is 21.3. The summed E-state index contributed by atoms with van der Waals surface area (Å²) in [5, 5.41) is 5.26. The van der Waals surface area contributed by atoms with Crippen LogP contribution in [-0.4, -0.2) is 33.8 Å². The van der Waals surface area contributed by atoms with Crippen molar-refractivity contribution in [1.82, 2.24) is 0 Å². The van der Waals surface area contributed by atoms with Crippen LogP contribution in [0.5, 0.6) is 0 Å². The van der Waals surface area contributed by atoms with Gasteiger partial charge < -0.3 is 15.4 Å². The number of carbonyl (C=O) groups is 3. The number of benzene rings is 2. The molecule has 8 heteroatoms. The summed E-state index contributed by atoms with van der Waals surface area (Å²) in [7, 11) is -1.32. The predicted octanol–water partition coefficient (Wildman–Crippen LogP) is 2.96. The Morgan fingerprint density at radius 3 is 2.14 bits per heavy atom. The second-order valence-corrected chi connectivity index (χ2v) is 7.63. The van der Waals surface area contributed by atoms with Crippen LogP contribution in [0.3, 0.4) is 0 Å². The van der Waals surface area contributed by atoms with E-state index in [4.69, 9.17) is 4.74 Å². The van der Waals surface area contributed by atoms with Crippen LogP contribution in [0.15, 0.2) is 53.4 Å². The monoisotopic (exact) mass is 402 g/mol. The Labute approximate surface area is 165 Å². The Hall–Kier alpha value is -3.00. The Balaban J connectivity index is 2.01. The van der Waals surface area contributed by atoms with Gasteiger partial charge in [-0.3, -0.25) is 13.8 Å². The summed E-state index contributed by atoms with van der Waals surface area (Å²) in [6.45, 7) is 4.61. The van der Waals surface area contributed by atoms with Crippen molar-refractivity contribution in [2.24, 2.45) is 0 Å². The number of nitrogens with one attached hydrogen (secondary N) is 2. The summed E-state index contributed by atoms with van der Waals surface area (Å²) < 4.78 is 17.3. The average molecular weight is 402 g/mol. The quantitative estimate of drug-likeness (QED) is 0.694. The van der Waals surface area contributed by atoms with Crippen LogP contribution in [-0.2, 0) is 25.1 Å². The van der Waals surface area contributed by atoms with E-state index in [1.807, 2.05) is 0 Å². The lowest BCUT2D eigenvalue weighted by Gasteiger charge is -2.15. The molecule has 0 aliphatic carbocycles. The number of esters is 1. The summed E-state index contributed by atoms with van der Waals surface area (Å²) in [5.74, 6) is -1.04. The number of carbonyl (C=O) groups excluding carboxylic acids is 3. The van der Waals surface area contributed by atoms with Gasteiger partial charge in [-0.2, -0.15) is 0 Å². The van der Waals surface area contributed by atoms with Gasteiger partial charge in [0.1, 0.15) is 0 Å². The van der Waals surface area contributed by atoms with E-state index in [0.29, 0.717) is 22.0 Å². The third kappa shape index (κ3) is 5.75. The molecule has 28 heavy (non-hydrogen) atoms. The van der Waals surface area contributed by atoms with Gasteiger partial charge in [0.15, 0.2) is 6.10 Å². The third-order valence-electron chi connectivity index (χ3n) is 3.74. The van der Waals surface area contributed by atoms with E-state index >= 15 is 0 Å². The summed E-state index contributed by atoms with van der Waals surface area (Å²) in [5.41, 5.74) is 1.28. The van der Waals surface area contributed by atoms with E-state index in [0.717, 1.165) is 0 Å². The van der Waals surface area contributed by atoms with Gasteiger partial charge >= 0.3 is 5.97 Å². The molecule has 2 atom stereocenters. The van der Waals surface area contributed by atoms with Crippen molar-refractivity contribution >= 4 is 40.0 Å².